The van der Waals surface area contributed by atoms with Crippen LogP contribution in [-0.4, -0.2) is 43.5 Å². The van der Waals surface area contributed by atoms with Crippen molar-refractivity contribution in [3.63, 3.8) is 0 Å². The number of rotatable bonds is 4. The maximum atomic E-state index is 13.1. The predicted molar refractivity (Wildman–Crippen MR) is 147 cm³/mol. The number of amides is 1. The predicted octanol–water partition coefficient (Wildman–Crippen LogP) is 6.97. The normalized spacial score (nSPS) is 21.2. The van der Waals surface area contributed by atoms with Crippen LogP contribution in [0, 0.1) is 19.8 Å². The summed E-state index contributed by atoms with van der Waals surface area (Å²) in [5.41, 5.74) is 7.24. The second-order valence-electron chi connectivity index (χ2n) is 11.2. The summed E-state index contributed by atoms with van der Waals surface area (Å²) in [6.45, 7) is 10.9. The van der Waals surface area contributed by atoms with Gasteiger partial charge in [-0.2, -0.15) is 5.10 Å². The number of hydrogen-bond acceptors (Lipinski definition) is 4. The number of aromatic amines is 1. The van der Waals surface area contributed by atoms with Gasteiger partial charge in [0.2, 0.25) is 5.91 Å². The van der Waals surface area contributed by atoms with Crippen molar-refractivity contribution in [2.45, 2.75) is 84.5 Å². The van der Waals surface area contributed by atoms with Gasteiger partial charge in [0.05, 0.1) is 5.69 Å². The molecular weight excluding hydrogens is 466 g/mol. The van der Waals surface area contributed by atoms with E-state index in [2.05, 4.69) is 59.9 Å². The molecule has 6 rings (SSSR count). The first-order valence-electron chi connectivity index (χ1n) is 13.7. The van der Waals surface area contributed by atoms with Gasteiger partial charge >= 0.3 is 0 Å². The van der Waals surface area contributed by atoms with E-state index in [4.69, 9.17) is 0 Å². The zero-order chi connectivity index (χ0) is 25.0. The summed E-state index contributed by atoms with van der Waals surface area (Å²) >= 11 is 1.94. The molecule has 0 aromatic carbocycles. The number of carbonyl (C=O) groups excluding carboxylic acids is 1. The van der Waals surface area contributed by atoms with Gasteiger partial charge in [-0.1, -0.05) is 13.8 Å². The number of pyridine rings is 1. The molecule has 1 aliphatic heterocycles. The number of piperidine rings is 1. The number of nitrogens with one attached hydrogen (secondary N) is 1. The number of aromatic nitrogens is 4. The van der Waals surface area contributed by atoms with E-state index in [-0.39, 0.29) is 5.92 Å². The van der Waals surface area contributed by atoms with E-state index in [0.717, 1.165) is 55.5 Å². The van der Waals surface area contributed by atoms with Crippen molar-refractivity contribution < 1.29 is 4.79 Å². The van der Waals surface area contributed by atoms with E-state index < -0.39 is 0 Å². The molecule has 1 N–H and O–H groups in total. The van der Waals surface area contributed by atoms with Gasteiger partial charge < -0.3 is 9.88 Å². The molecule has 0 radical (unpaired) electrons. The second-order valence-corrected chi connectivity index (χ2v) is 12.3. The molecule has 4 aromatic heterocycles. The van der Waals surface area contributed by atoms with Crippen molar-refractivity contribution in [1.29, 1.82) is 0 Å². The number of aryl methyl sites for hydroxylation is 2. The molecule has 2 fully saturated rings. The highest BCUT2D eigenvalue weighted by molar-refractivity contribution is 7.19. The molecule has 1 amide bonds. The topological polar surface area (TPSA) is 66.3 Å². The van der Waals surface area contributed by atoms with E-state index in [0.29, 0.717) is 17.7 Å². The van der Waals surface area contributed by atoms with E-state index in [9.17, 15) is 4.79 Å². The zero-order valence-corrected chi connectivity index (χ0v) is 22.7. The number of nitrogens with zero attached hydrogens (tertiary/aromatic N) is 4. The molecule has 7 heteroatoms. The number of likely N-dealkylation sites (tertiary alicyclic amines) is 1. The zero-order valence-electron chi connectivity index (χ0n) is 21.9. The number of fused-ring (bicyclic) bond motifs is 2. The van der Waals surface area contributed by atoms with Crippen LogP contribution in [0.4, 0.5) is 0 Å². The third kappa shape index (κ3) is 3.96. The van der Waals surface area contributed by atoms with E-state index in [1.54, 1.807) is 6.33 Å². The lowest BCUT2D eigenvalue weighted by Crippen LogP contribution is -2.40. The summed E-state index contributed by atoms with van der Waals surface area (Å²) in [6, 6.07) is 2.22. The first-order valence-corrected chi connectivity index (χ1v) is 14.5. The molecule has 1 saturated heterocycles. The fraction of sp³-hybridized carbons (Fsp3) is 0.552. The largest absolute Gasteiger partial charge is 0.346 e. The van der Waals surface area contributed by atoms with Crippen LogP contribution in [-0.2, 0) is 4.79 Å². The summed E-state index contributed by atoms with van der Waals surface area (Å²) in [6.07, 6.45) is 11.6. The third-order valence-corrected chi connectivity index (χ3v) is 9.87. The van der Waals surface area contributed by atoms with Gasteiger partial charge in [-0.05, 0) is 93.4 Å². The lowest BCUT2D eigenvalue weighted by Gasteiger charge is -2.34. The third-order valence-electron chi connectivity index (χ3n) is 8.50. The van der Waals surface area contributed by atoms with Crippen LogP contribution in [0.15, 0.2) is 18.6 Å². The van der Waals surface area contributed by atoms with Crippen LogP contribution in [0.1, 0.15) is 92.2 Å². The Morgan fingerprint density at radius 1 is 1.11 bits per heavy atom. The standard InChI is InChI=1S/C29H37N5OS/c1-17(2)23-24-19(4)26(20-8-10-21(11-9-20)29(35)33-12-6-5-7-13-33)36-28(24)32-25(23)22-14-18(3)27-30-16-31-34(27)15-22/h14-17,20-21,32H,5-13H2,1-4H3/t20-,21-. The number of thiophene rings is 1. The van der Waals surface area contributed by atoms with E-state index >= 15 is 0 Å². The van der Waals surface area contributed by atoms with Crippen LogP contribution in [0.5, 0.6) is 0 Å². The van der Waals surface area contributed by atoms with Crippen LogP contribution in [0.2, 0.25) is 0 Å². The smallest absolute Gasteiger partial charge is 0.225 e. The Balaban J connectivity index is 1.28. The highest BCUT2D eigenvalue weighted by Gasteiger charge is 2.33. The maximum absolute atomic E-state index is 13.1. The minimum atomic E-state index is 0.234. The highest BCUT2D eigenvalue weighted by atomic mass is 32.1. The molecule has 36 heavy (non-hydrogen) atoms. The summed E-state index contributed by atoms with van der Waals surface area (Å²) in [4.78, 5) is 26.2. The van der Waals surface area contributed by atoms with Crippen LogP contribution in [0.3, 0.4) is 0 Å². The quantitative estimate of drug-likeness (QED) is 0.327. The van der Waals surface area contributed by atoms with Crippen molar-refractivity contribution in [3.05, 3.63) is 40.2 Å². The molecule has 1 aliphatic carbocycles. The summed E-state index contributed by atoms with van der Waals surface area (Å²) < 4.78 is 1.88. The fourth-order valence-corrected chi connectivity index (χ4v) is 8.04. The Bertz CT molecular complexity index is 1410. The Morgan fingerprint density at radius 3 is 2.58 bits per heavy atom. The molecule has 5 heterocycles. The molecule has 190 valence electrons. The van der Waals surface area contributed by atoms with E-state index in [1.807, 2.05) is 15.9 Å². The first kappa shape index (κ1) is 23.7. The molecular formula is C29H37N5OS. The Labute approximate surface area is 217 Å². The molecule has 0 atom stereocenters. The Morgan fingerprint density at radius 2 is 1.86 bits per heavy atom. The number of carbonyl (C=O) groups is 1. The van der Waals surface area contributed by atoms with Crippen molar-refractivity contribution in [3.8, 4) is 11.3 Å². The average molecular weight is 504 g/mol. The van der Waals surface area contributed by atoms with Crippen LogP contribution < -0.4 is 0 Å². The molecule has 4 aromatic rings. The van der Waals surface area contributed by atoms with Crippen molar-refractivity contribution in [2.75, 3.05) is 13.1 Å². The fourth-order valence-electron chi connectivity index (χ4n) is 6.65. The average Bonchev–Trinajstić information content (AvgIpc) is 3.59. The molecule has 0 unspecified atom stereocenters. The van der Waals surface area contributed by atoms with Gasteiger partial charge in [-0.15, -0.1) is 11.3 Å². The van der Waals surface area contributed by atoms with Gasteiger partial charge in [0.25, 0.3) is 0 Å². The van der Waals surface area contributed by atoms with Crippen molar-refractivity contribution in [2.24, 2.45) is 5.92 Å². The lowest BCUT2D eigenvalue weighted by atomic mass is 9.79. The highest BCUT2D eigenvalue weighted by Crippen LogP contribution is 2.47. The van der Waals surface area contributed by atoms with Gasteiger partial charge in [0.1, 0.15) is 11.2 Å². The summed E-state index contributed by atoms with van der Waals surface area (Å²) in [5.74, 6) is 1.63. The minimum absolute atomic E-state index is 0.234. The first-order chi connectivity index (χ1) is 17.4. The van der Waals surface area contributed by atoms with Crippen molar-refractivity contribution in [1.82, 2.24) is 24.5 Å². The van der Waals surface area contributed by atoms with E-state index in [1.165, 1.54) is 51.2 Å². The molecule has 0 spiro atoms. The van der Waals surface area contributed by atoms with Crippen molar-refractivity contribution >= 4 is 33.1 Å². The second kappa shape index (κ2) is 9.33. The Kier molecular flexibility index (Phi) is 6.14. The Hall–Kier alpha value is -2.67. The van der Waals surface area contributed by atoms with Gasteiger partial charge in [0.15, 0.2) is 5.65 Å². The van der Waals surface area contributed by atoms with Crippen LogP contribution in [0.25, 0.3) is 27.1 Å². The summed E-state index contributed by atoms with van der Waals surface area (Å²) in [5, 5.41) is 5.80. The summed E-state index contributed by atoms with van der Waals surface area (Å²) in [7, 11) is 0. The number of hydrogen-bond donors (Lipinski definition) is 1. The number of H-pyrrole nitrogens is 1. The van der Waals surface area contributed by atoms with Crippen LogP contribution >= 0.6 is 11.3 Å². The lowest BCUT2D eigenvalue weighted by molar-refractivity contribution is -0.137. The monoisotopic (exact) mass is 503 g/mol. The molecule has 2 aliphatic rings. The molecule has 1 saturated carbocycles. The minimum Gasteiger partial charge on any atom is -0.346 e. The SMILES string of the molecule is Cc1cc(-c2[nH]c3sc([C@H]4CC[C@H](C(=O)N5CCCCC5)CC4)c(C)c3c2C(C)C)cn2ncnc12. The van der Waals surface area contributed by atoms with Gasteiger partial charge in [0, 0.05) is 41.0 Å². The van der Waals surface area contributed by atoms with Gasteiger partial charge in [-0.3, -0.25) is 4.79 Å². The molecule has 0 bridgehead atoms. The maximum Gasteiger partial charge on any atom is 0.225 e. The molecule has 6 nitrogen and oxygen atoms in total. The van der Waals surface area contributed by atoms with Gasteiger partial charge in [-0.25, -0.2) is 9.50 Å².